The molecule has 0 amide bonds. The van der Waals surface area contributed by atoms with E-state index in [1.807, 2.05) is 0 Å². The van der Waals surface area contributed by atoms with Gasteiger partial charge >= 0.3 is 0 Å². The third-order valence-electron chi connectivity index (χ3n) is 30.5. The quantitative estimate of drug-likeness (QED) is 0.109. The summed E-state index contributed by atoms with van der Waals surface area (Å²) >= 11 is 0. The summed E-state index contributed by atoms with van der Waals surface area (Å²) in [6.45, 7) is 2.74. The fraction of sp³-hybridized carbons (Fsp3) is 0.104. The van der Waals surface area contributed by atoms with Crippen molar-refractivity contribution in [1.82, 2.24) is 0 Å². The van der Waals surface area contributed by atoms with Crippen molar-refractivity contribution in [1.29, 1.82) is 0 Å². The van der Waals surface area contributed by atoms with Gasteiger partial charge in [-0.1, -0.05) is 6.92 Å². The summed E-state index contributed by atoms with van der Waals surface area (Å²) in [5, 5.41) is 105. The SMILES string of the molecule is C[C@@]12CCCC(=O)[C@@H]1C13c4c5c6c7c8c9c(c%10c%11c1c1c%12c4c4c%13c5c5c7c7c8c8c%14c9c%10c9c%10c%11c1c1c%11c%12c%12c4c4c%13c%13c5c5c7c7c8c8c%14c9c9c%10c1c1c%10c%11c%12c%11c4c4c%13c5c5c7c7c8c9c1c1c%10c%11c4c5c71)C632. The Morgan fingerprint density at radius 2 is 0.397 bits per heavy atom. The summed E-state index contributed by atoms with van der Waals surface area (Å²) in [5.74, 6) is 0.532. The van der Waals surface area contributed by atoms with E-state index < -0.39 is 5.41 Å². The van der Waals surface area contributed by atoms with E-state index in [0.717, 1.165) is 19.3 Å². The standard InChI is InChI=1S/C77H10O/c1-75-4-2-3-5(78)74(75)76-70-63-56-45-34-23-15-8-6-7-9-11-10(8)21(23)28-27-22(11)24-17(9)20-19-13(7)14-12(6)16-18(15)30-36(34)47-48-37(30)35-26(16)29-25(14)33-31(19)39-32(20)40-38(24)44-41(27)50(42(28)45)61(63)64-54(44)52(40)60-53(39)55-49(33)51-43(29)46(35)57-59(48)68(67(70)58(47)56)72-65(57)62(51)66(55)73(77(72,75)76)69(60)71(64)76/h74H,2-4H2,1H3/t74-,75+,76?,77?/m0/s1. The molecule has 2 fully saturated rings. The average molecular weight is 951 g/mol. The lowest BCUT2D eigenvalue weighted by Gasteiger charge is -2.76. The predicted molar refractivity (Wildman–Crippen MR) is 328 cm³/mol. The van der Waals surface area contributed by atoms with Crippen molar-refractivity contribution in [3.8, 4) is 0 Å². The van der Waals surface area contributed by atoms with Crippen molar-refractivity contribution >= 4 is 351 Å². The molecule has 0 bridgehead atoms. The fourth-order valence-electron chi connectivity index (χ4n) is 30.9. The largest absolute Gasteiger partial charge is 0.299 e. The van der Waals surface area contributed by atoms with Gasteiger partial charge in [-0.15, -0.1) is 0 Å². The van der Waals surface area contributed by atoms with Gasteiger partial charge in [0.15, 0.2) is 0 Å². The second kappa shape index (κ2) is 6.16. The molecule has 2 unspecified atom stereocenters. The maximum absolute atomic E-state index is 16.4. The van der Waals surface area contributed by atoms with Gasteiger partial charge in [-0.2, -0.15) is 0 Å². The number of carbonyl (C=O) groups excluding carboxylic acids is 1. The second-order valence-corrected chi connectivity index (χ2v) is 30.2. The Bertz CT molecular complexity index is 8910. The first-order valence-corrected chi connectivity index (χ1v) is 29.8. The number of benzene rings is 22. The van der Waals surface area contributed by atoms with Gasteiger partial charge in [-0.25, -0.2) is 0 Å². The average Bonchev–Trinajstić information content (AvgIpc) is 1.42. The van der Waals surface area contributed by atoms with Crippen molar-refractivity contribution in [2.75, 3.05) is 0 Å². The van der Waals surface area contributed by atoms with Crippen LogP contribution in [0.15, 0.2) is 0 Å². The van der Waals surface area contributed by atoms with Gasteiger partial charge in [0.25, 0.3) is 0 Å². The minimum Gasteiger partial charge on any atom is -0.299 e. The summed E-state index contributed by atoms with van der Waals surface area (Å²) in [5.41, 5.74) is 5.80. The number of rotatable bonds is 0. The predicted octanol–water partition coefficient (Wildman–Crippen LogP) is 20.6. The van der Waals surface area contributed by atoms with Gasteiger partial charge in [0.1, 0.15) is 5.78 Å². The zero-order valence-corrected chi connectivity index (χ0v) is 40.1. The van der Waals surface area contributed by atoms with Crippen LogP contribution in [0.2, 0.25) is 0 Å². The molecular formula is C77H10O. The summed E-state index contributed by atoms with van der Waals surface area (Å²) in [6.07, 6.45) is 2.87. The number of hydrogen-bond acceptors (Lipinski definition) is 1. The van der Waals surface area contributed by atoms with Gasteiger partial charge in [0, 0.05) is 23.2 Å². The lowest BCUT2D eigenvalue weighted by atomic mass is 9.23. The van der Waals surface area contributed by atoms with E-state index >= 15 is 4.79 Å². The monoisotopic (exact) mass is 950 g/mol. The third-order valence-corrected chi connectivity index (χ3v) is 30.5. The minimum absolute atomic E-state index is 0.0534. The van der Waals surface area contributed by atoms with Crippen LogP contribution in [0.5, 0.6) is 0 Å². The van der Waals surface area contributed by atoms with Crippen LogP contribution < -0.4 is 0 Å². The lowest BCUT2D eigenvalue weighted by Crippen LogP contribution is -2.79. The van der Waals surface area contributed by atoms with Crippen molar-refractivity contribution in [2.24, 2.45) is 11.3 Å². The second-order valence-electron chi connectivity index (χ2n) is 30.2. The van der Waals surface area contributed by atoms with Crippen LogP contribution in [0.4, 0.5) is 0 Å². The maximum Gasteiger partial charge on any atom is 0.137 e. The van der Waals surface area contributed by atoms with Crippen LogP contribution in [-0.4, -0.2) is 5.78 Å². The van der Waals surface area contributed by atoms with Crippen molar-refractivity contribution in [3.05, 3.63) is 22.3 Å². The van der Waals surface area contributed by atoms with Gasteiger partial charge in [-0.05, 0) is 385 Å². The molecule has 33 aromatic carbocycles. The van der Waals surface area contributed by atoms with Crippen molar-refractivity contribution < 1.29 is 4.79 Å². The number of ketones is 1. The Labute approximate surface area is 423 Å². The molecule has 33 aromatic rings. The van der Waals surface area contributed by atoms with E-state index in [2.05, 4.69) is 6.92 Å². The minimum atomic E-state index is -0.460. The molecule has 0 N–H and O–H groups in total. The summed E-state index contributed by atoms with van der Waals surface area (Å²) in [6, 6.07) is 0. The van der Waals surface area contributed by atoms with Gasteiger partial charge in [-0.3, -0.25) is 4.79 Å². The van der Waals surface area contributed by atoms with Crippen LogP contribution >= 0.6 is 0 Å². The number of carbonyl (C=O) groups is 1. The zero-order chi connectivity index (χ0) is 46.0. The molecule has 39 rings (SSSR count). The normalized spacial score (nSPS) is 25.9. The van der Waals surface area contributed by atoms with Crippen molar-refractivity contribution in [2.45, 2.75) is 37.0 Å². The summed E-state index contributed by atoms with van der Waals surface area (Å²) in [7, 11) is 0. The van der Waals surface area contributed by atoms with E-state index in [4.69, 9.17) is 0 Å². The molecule has 2 spiro atoms. The molecule has 0 heterocycles. The smallest absolute Gasteiger partial charge is 0.137 e. The molecule has 1 heteroatoms. The first kappa shape index (κ1) is 28.3. The van der Waals surface area contributed by atoms with Crippen LogP contribution in [0.25, 0.3) is 345 Å². The highest BCUT2D eigenvalue weighted by Crippen LogP contribution is 2.93. The molecule has 0 saturated heterocycles. The van der Waals surface area contributed by atoms with E-state index in [1.54, 1.807) is 367 Å². The molecule has 0 aliphatic heterocycles. The highest BCUT2D eigenvalue weighted by molar-refractivity contribution is 6.84. The highest BCUT2D eigenvalue weighted by atomic mass is 16.1. The topological polar surface area (TPSA) is 17.1 Å². The van der Waals surface area contributed by atoms with Crippen LogP contribution in [0, 0.1) is 11.3 Å². The van der Waals surface area contributed by atoms with Gasteiger partial charge < -0.3 is 0 Å². The number of Topliss-reactive ketones (excluding diaryl/α,β-unsaturated/α-hetero) is 1. The van der Waals surface area contributed by atoms with Crippen LogP contribution in [0.1, 0.15) is 48.4 Å². The molecule has 1 nitrogen and oxygen atoms in total. The Morgan fingerprint density at radius 3 is 0.667 bits per heavy atom. The lowest BCUT2D eigenvalue weighted by molar-refractivity contribution is -0.168. The third kappa shape index (κ3) is 1.39. The Hall–Kier alpha value is -9.17. The molecule has 0 radical (unpaired) electrons. The first-order chi connectivity index (χ1) is 38.7. The molecule has 78 heavy (non-hydrogen) atoms. The number of hydrogen-bond donors (Lipinski definition) is 0. The Morgan fingerprint density at radius 1 is 0.231 bits per heavy atom. The molecule has 0 aromatic heterocycles. The maximum atomic E-state index is 16.4. The van der Waals surface area contributed by atoms with E-state index in [0.29, 0.717) is 5.78 Å². The molecule has 6 aliphatic rings. The molecular weight excluding hydrogens is 941 g/mol. The summed E-state index contributed by atoms with van der Waals surface area (Å²) < 4.78 is 0. The molecule has 6 aliphatic carbocycles. The first-order valence-electron chi connectivity index (χ1n) is 29.8. The molecule has 4 atom stereocenters. The molecule has 324 valence electrons. The van der Waals surface area contributed by atoms with Crippen LogP contribution in [0.3, 0.4) is 0 Å². The van der Waals surface area contributed by atoms with E-state index in [9.17, 15) is 0 Å². The zero-order valence-electron chi connectivity index (χ0n) is 40.1. The molecule has 2 saturated carbocycles. The Kier molecular flexibility index (Phi) is 2.23. The van der Waals surface area contributed by atoms with Gasteiger partial charge in [0.05, 0.1) is 0 Å². The van der Waals surface area contributed by atoms with Gasteiger partial charge in [0.2, 0.25) is 0 Å². The van der Waals surface area contributed by atoms with Crippen molar-refractivity contribution in [3.63, 3.8) is 0 Å². The highest BCUT2D eigenvalue weighted by Gasteiger charge is 2.87. The van der Waals surface area contributed by atoms with E-state index in [1.165, 1.54) is 0 Å². The number of fused-ring (bicyclic) bond motifs is 1. The fourth-order valence-corrected chi connectivity index (χ4v) is 30.9. The van der Waals surface area contributed by atoms with Crippen LogP contribution in [-0.2, 0) is 15.6 Å². The Balaban J connectivity index is 1.16. The van der Waals surface area contributed by atoms with E-state index in [-0.39, 0.29) is 16.7 Å². The summed E-state index contributed by atoms with van der Waals surface area (Å²) in [4.78, 5) is 16.4.